The van der Waals surface area contributed by atoms with Crippen LogP contribution in [-0.4, -0.2) is 4.98 Å². The second-order valence-corrected chi connectivity index (χ2v) is 3.32. The van der Waals surface area contributed by atoms with Crippen molar-refractivity contribution in [1.82, 2.24) is 4.98 Å². The second kappa shape index (κ2) is 2.37. The number of hydrogen-bond donors (Lipinski definition) is 0. The van der Waals surface area contributed by atoms with E-state index in [9.17, 15) is 0 Å². The average molecular weight is 137 g/mol. The largest absolute Gasteiger partial charge is 0.252 e. The Bertz CT molecular complexity index is 198. The van der Waals surface area contributed by atoms with Crippen molar-refractivity contribution in [3.05, 3.63) is 24.8 Å². The van der Waals surface area contributed by atoms with Crippen LogP contribution in [0.5, 0.6) is 0 Å². The third-order valence-corrected chi connectivity index (χ3v) is 1.40. The topological polar surface area (TPSA) is 16.8 Å². The molecule has 0 spiro atoms. The van der Waals surface area contributed by atoms with Gasteiger partial charge in [-0.15, -0.1) is 0 Å². The maximum atomic E-state index is 3.94. The Morgan fingerprint density at radius 2 is 1.60 bits per heavy atom. The van der Waals surface area contributed by atoms with E-state index in [-0.39, 0.29) is 5.54 Å². The fourth-order valence-corrected chi connectivity index (χ4v) is 0.767. The third kappa shape index (κ3) is 1.53. The van der Waals surface area contributed by atoms with Crippen molar-refractivity contribution in [2.45, 2.75) is 26.3 Å². The fraction of sp³-hybridized carbons (Fsp3) is 0.500. The van der Waals surface area contributed by atoms with Crippen molar-refractivity contribution in [3.63, 3.8) is 0 Å². The molecule has 2 heteroatoms. The summed E-state index contributed by atoms with van der Waals surface area (Å²) in [5.74, 6) is 0. The first-order valence-corrected chi connectivity index (χ1v) is 3.42. The quantitative estimate of drug-likeness (QED) is 0.490. The smallest absolute Gasteiger partial charge is 0.187 e. The van der Waals surface area contributed by atoms with E-state index < -0.39 is 0 Å². The molecular formula is C8H13N2+. The predicted octanol–water partition coefficient (Wildman–Crippen LogP) is 1.12. The zero-order chi connectivity index (χ0) is 7.61. The molecule has 0 bridgehead atoms. The van der Waals surface area contributed by atoms with Crippen LogP contribution in [0.2, 0.25) is 0 Å². The maximum absolute atomic E-state index is 3.94. The molecule has 10 heavy (non-hydrogen) atoms. The van der Waals surface area contributed by atoms with Crippen molar-refractivity contribution in [2.24, 2.45) is 0 Å². The molecular weight excluding hydrogens is 124 g/mol. The first-order valence-electron chi connectivity index (χ1n) is 3.42. The molecule has 0 amide bonds. The number of nitrogens with zero attached hydrogens (tertiary/aromatic N) is 2. The molecule has 1 heterocycles. The normalized spacial score (nSPS) is 11.5. The van der Waals surface area contributed by atoms with Crippen molar-refractivity contribution < 1.29 is 4.57 Å². The molecule has 0 aromatic carbocycles. The van der Waals surface area contributed by atoms with E-state index >= 15 is 0 Å². The summed E-state index contributed by atoms with van der Waals surface area (Å²) in [7, 11) is 0. The molecule has 0 saturated carbocycles. The molecule has 0 aliphatic rings. The molecule has 2 nitrogen and oxygen atoms in total. The van der Waals surface area contributed by atoms with Crippen LogP contribution in [0.4, 0.5) is 0 Å². The van der Waals surface area contributed by atoms with Gasteiger partial charge in [-0.1, -0.05) is 0 Å². The monoisotopic (exact) mass is 137 g/mol. The Morgan fingerprint density at radius 1 is 1.10 bits per heavy atom. The summed E-state index contributed by atoms with van der Waals surface area (Å²) in [6.07, 6.45) is 7.54. The lowest BCUT2D eigenvalue weighted by Crippen LogP contribution is -2.49. The Hall–Kier alpha value is -0.920. The lowest BCUT2D eigenvalue weighted by Gasteiger charge is -2.11. The SMILES string of the molecule is CC(C)(C)[n+]1ccncc1. The minimum Gasteiger partial charge on any atom is -0.252 e. The van der Waals surface area contributed by atoms with E-state index in [1.54, 1.807) is 12.4 Å². The molecule has 1 aromatic rings. The first kappa shape index (κ1) is 7.19. The van der Waals surface area contributed by atoms with Crippen LogP contribution in [0.25, 0.3) is 0 Å². The molecule has 54 valence electrons. The lowest BCUT2D eigenvalue weighted by atomic mass is 10.1. The van der Waals surface area contributed by atoms with Gasteiger partial charge in [0.1, 0.15) is 0 Å². The zero-order valence-electron chi connectivity index (χ0n) is 6.70. The standard InChI is InChI=1S/C8H13N2/c1-8(2,3)10-6-4-9-5-7-10/h4-7H,1-3H3/q+1. The summed E-state index contributed by atoms with van der Waals surface area (Å²) in [6.45, 7) is 6.48. The van der Waals surface area contributed by atoms with Crippen LogP contribution in [-0.2, 0) is 5.54 Å². The average Bonchev–Trinajstić information content (AvgIpc) is 1.88. The van der Waals surface area contributed by atoms with E-state index in [0.29, 0.717) is 0 Å². The highest BCUT2D eigenvalue weighted by Gasteiger charge is 2.19. The van der Waals surface area contributed by atoms with Crippen LogP contribution >= 0.6 is 0 Å². The summed E-state index contributed by atoms with van der Waals surface area (Å²) in [5, 5.41) is 0. The summed E-state index contributed by atoms with van der Waals surface area (Å²) >= 11 is 0. The van der Waals surface area contributed by atoms with E-state index in [1.165, 1.54) is 0 Å². The number of aromatic nitrogens is 2. The molecule has 0 N–H and O–H groups in total. The van der Waals surface area contributed by atoms with Crippen LogP contribution in [0.3, 0.4) is 0 Å². The summed E-state index contributed by atoms with van der Waals surface area (Å²) in [4.78, 5) is 3.94. The maximum Gasteiger partial charge on any atom is 0.187 e. The van der Waals surface area contributed by atoms with E-state index in [1.807, 2.05) is 12.4 Å². The van der Waals surface area contributed by atoms with Crippen LogP contribution in [0, 0.1) is 0 Å². The fourth-order valence-electron chi connectivity index (χ4n) is 0.767. The first-order chi connectivity index (χ1) is 4.61. The van der Waals surface area contributed by atoms with E-state index in [4.69, 9.17) is 0 Å². The zero-order valence-corrected chi connectivity index (χ0v) is 6.70. The lowest BCUT2D eigenvalue weighted by molar-refractivity contribution is -0.754. The van der Waals surface area contributed by atoms with Crippen LogP contribution in [0.15, 0.2) is 24.8 Å². The van der Waals surface area contributed by atoms with Gasteiger partial charge in [0.2, 0.25) is 0 Å². The molecule has 1 aromatic heterocycles. The molecule has 0 aliphatic heterocycles. The number of hydrogen-bond acceptors (Lipinski definition) is 1. The summed E-state index contributed by atoms with van der Waals surface area (Å²) < 4.78 is 2.12. The predicted molar refractivity (Wildman–Crippen MR) is 39.4 cm³/mol. The van der Waals surface area contributed by atoms with Crippen molar-refractivity contribution in [1.29, 1.82) is 0 Å². The van der Waals surface area contributed by atoms with Crippen LogP contribution in [0.1, 0.15) is 20.8 Å². The van der Waals surface area contributed by atoms with Gasteiger partial charge in [0.25, 0.3) is 0 Å². The molecule has 0 radical (unpaired) electrons. The van der Waals surface area contributed by atoms with E-state index in [0.717, 1.165) is 0 Å². The van der Waals surface area contributed by atoms with Gasteiger partial charge >= 0.3 is 0 Å². The Labute approximate surface area is 61.5 Å². The minimum atomic E-state index is 0.170. The minimum absolute atomic E-state index is 0.170. The van der Waals surface area contributed by atoms with Gasteiger partial charge in [0.15, 0.2) is 17.9 Å². The number of rotatable bonds is 0. The molecule has 0 atom stereocenters. The highest BCUT2D eigenvalue weighted by Crippen LogP contribution is 2.00. The van der Waals surface area contributed by atoms with Gasteiger partial charge in [-0.05, 0) is 0 Å². The van der Waals surface area contributed by atoms with Gasteiger partial charge in [-0.25, -0.2) is 0 Å². The Morgan fingerprint density at radius 3 is 1.90 bits per heavy atom. The van der Waals surface area contributed by atoms with Gasteiger partial charge in [-0.2, -0.15) is 4.57 Å². The van der Waals surface area contributed by atoms with Crippen molar-refractivity contribution in [2.75, 3.05) is 0 Å². The molecule has 0 saturated heterocycles. The molecule has 1 rings (SSSR count). The third-order valence-electron chi connectivity index (χ3n) is 1.40. The van der Waals surface area contributed by atoms with Crippen LogP contribution < -0.4 is 4.57 Å². The molecule has 0 aliphatic carbocycles. The van der Waals surface area contributed by atoms with Crippen molar-refractivity contribution >= 4 is 0 Å². The highest BCUT2D eigenvalue weighted by molar-refractivity contribution is 4.66. The Balaban J connectivity index is 2.97. The van der Waals surface area contributed by atoms with Gasteiger partial charge in [-0.3, -0.25) is 4.98 Å². The molecule has 0 fully saturated rings. The summed E-state index contributed by atoms with van der Waals surface area (Å²) in [5.41, 5.74) is 0.170. The summed E-state index contributed by atoms with van der Waals surface area (Å²) in [6, 6.07) is 0. The molecule has 0 unspecified atom stereocenters. The van der Waals surface area contributed by atoms with E-state index in [2.05, 4.69) is 30.3 Å². The van der Waals surface area contributed by atoms with Gasteiger partial charge in [0.05, 0.1) is 12.4 Å². The highest BCUT2D eigenvalue weighted by atomic mass is 15.0. The Kier molecular flexibility index (Phi) is 1.70. The van der Waals surface area contributed by atoms with Crippen molar-refractivity contribution in [3.8, 4) is 0 Å². The van der Waals surface area contributed by atoms with Gasteiger partial charge < -0.3 is 0 Å². The second-order valence-electron chi connectivity index (χ2n) is 3.32. The van der Waals surface area contributed by atoms with Gasteiger partial charge in [0, 0.05) is 20.8 Å².